The van der Waals surface area contributed by atoms with Gasteiger partial charge in [-0.25, -0.2) is 4.39 Å². The van der Waals surface area contributed by atoms with E-state index in [4.69, 9.17) is 9.47 Å². The van der Waals surface area contributed by atoms with Gasteiger partial charge in [0.15, 0.2) is 11.5 Å². The molecule has 1 aliphatic rings. The minimum atomic E-state index is -0.248. The summed E-state index contributed by atoms with van der Waals surface area (Å²) in [5.41, 5.74) is 4.30. The largest absolute Gasteiger partial charge is 0.493 e. The van der Waals surface area contributed by atoms with Crippen molar-refractivity contribution in [1.29, 1.82) is 0 Å². The van der Waals surface area contributed by atoms with Crippen LogP contribution >= 0.6 is 0 Å². The fraction of sp³-hybridized carbons (Fsp3) is 0.321. The molecule has 2 atom stereocenters. The van der Waals surface area contributed by atoms with Crippen LogP contribution in [0.5, 0.6) is 11.5 Å². The minimum absolute atomic E-state index is 0.0203. The van der Waals surface area contributed by atoms with E-state index in [9.17, 15) is 9.18 Å². The fourth-order valence-electron chi connectivity index (χ4n) is 4.78. The van der Waals surface area contributed by atoms with Gasteiger partial charge in [-0.2, -0.15) is 0 Å². The number of amides is 1. The third-order valence-electron chi connectivity index (χ3n) is 6.39. The Balaban J connectivity index is 1.63. The molecule has 178 valence electrons. The lowest BCUT2D eigenvalue weighted by Crippen LogP contribution is -2.47. The summed E-state index contributed by atoms with van der Waals surface area (Å²) in [6, 6.07) is 20.2. The number of carbonyl (C=O) groups excluding carboxylic acids is 1. The summed E-state index contributed by atoms with van der Waals surface area (Å²) >= 11 is 0. The number of nitrogens with one attached hydrogen (secondary N) is 1. The van der Waals surface area contributed by atoms with Crippen LogP contribution in [0.3, 0.4) is 0 Å². The maximum absolute atomic E-state index is 13.5. The van der Waals surface area contributed by atoms with E-state index in [2.05, 4.69) is 10.2 Å². The van der Waals surface area contributed by atoms with E-state index in [-0.39, 0.29) is 23.8 Å². The van der Waals surface area contributed by atoms with E-state index in [0.29, 0.717) is 24.5 Å². The Morgan fingerprint density at radius 3 is 2.38 bits per heavy atom. The van der Waals surface area contributed by atoms with Crippen molar-refractivity contribution in [3.8, 4) is 11.5 Å². The van der Waals surface area contributed by atoms with Gasteiger partial charge in [0.25, 0.3) is 0 Å². The number of fused-ring (bicyclic) bond motifs is 1. The molecule has 5 nitrogen and oxygen atoms in total. The van der Waals surface area contributed by atoms with Crippen molar-refractivity contribution in [2.75, 3.05) is 20.8 Å². The quantitative estimate of drug-likeness (QED) is 0.528. The van der Waals surface area contributed by atoms with Crippen molar-refractivity contribution >= 4 is 5.91 Å². The Bertz CT molecular complexity index is 1120. The van der Waals surface area contributed by atoms with Crippen LogP contribution in [0.4, 0.5) is 4.39 Å². The lowest BCUT2D eigenvalue weighted by Gasteiger charge is -2.41. The van der Waals surface area contributed by atoms with Crippen LogP contribution in [0.25, 0.3) is 0 Å². The lowest BCUT2D eigenvalue weighted by atomic mass is 9.87. The van der Waals surface area contributed by atoms with Crippen LogP contribution in [-0.2, 0) is 24.2 Å². The topological polar surface area (TPSA) is 50.8 Å². The summed E-state index contributed by atoms with van der Waals surface area (Å²) in [5.74, 6) is 1.10. The summed E-state index contributed by atoms with van der Waals surface area (Å²) < 4.78 is 24.6. The molecule has 0 saturated carbocycles. The van der Waals surface area contributed by atoms with E-state index in [1.54, 1.807) is 14.2 Å². The first-order valence-corrected chi connectivity index (χ1v) is 11.5. The van der Waals surface area contributed by atoms with E-state index in [1.165, 1.54) is 17.7 Å². The van der Waals surface area contributed by atoms with Crippen molar-refractivity contribution in [3.05, 3.63) is 94.8 Å². The zero-order valence-corrected chi connectivity index (χ0v) is 19.9. The van der Waals surface area contributed by atoms with Gasteiger partial charge >= 0.3 is 0 Å². The van der Waals surface area contributed by atoms with E-state index < -0.39 is 0 Å². The second-order valence-corrected chi connectivity index (χ2v) is 8.72. The van der Waals surface area contributed by atoms with Crippen molar-refractivity contribution in [2.24, 2.45) is 0 Å². The predicted molar refractivity (Wildman–Crippen MR) is 131 cm³/mol. The SMILES string of the molecule is COc1cc2c(cc1OC)[C@@H]([C@H](C)NC(=O)Cc1ccccc1)N(Cc1ccc(F)cc1)CC2. The maximum atomic E-state index is 13.5. The summed E-state index contributed by atoms with van der Waals surface area (Å²) in [6.45, 7) is 3.50. The summed E-state index contributed by atoms with van der Waals surface area (Å²) in [5, 5.41) is 3.22. The van der Waals surface area contributed by atoms with Crippen LogP contribution in [0.1, 0.15) is 35.2 Å². The number of benzene rings is 3. The molecule has 0 aromatic heterocycles. The van der Waals surface area contributed by atoms with Gasteiger partial charge in [0.2, 0.25) is 5.91 Å². The Kier molecular flexibility index (Phi) is 7.48. The van der Waals surface area contributed by atoms with Gasteiger partial charge in [-0.1, -0.05) is 42.5 Å². The van der Waals surface area contributed by atoms with E-state index in [0.717, 1.165) is 29.7 Å². The predicted octanol–water partition coefficient (Wildman–Crippen LogP) is 4.69. The summed E-state index contributed by atoms with van der Waals surface area (Å²) in [4.78, 5) is 15.2. The van der Waals surface area contributed by atoms with Crippen molar-refractivity contribution in [3.63, 3.8) is 0 Å². The van der Waals surface area contributed by atoms with E-state index in [1.807, 2.05) is 61.5 Å². The van der Waals surface area contributed by atoms with Crippen LogP contribution in [-0.4, -0.2) is 37.6 Å². The van der Waals surface area contributed by atoms with Gasteiger partial charge in [-0.3, -0.25) is 9.69 Å². The van der Waals surface area contributed by atoms with Gasteiger partial charge in [0.1, 0.15) is 5.82 Å². The molecule has 34 heavy (non-hydrogen) atoms. The molecule has 0 fully saturated rings. The molecule has 1 amide bonds. The Morgan fingerprint density at radius 1 is 1.03 bits per heavy atom. The third-order valence-corrected chi connectivity index (χ3v) is 6.39. The van der Waals surface area contributed by atoms with Crippen molar-refractivity contribution in [1.82, 2.24) is 10.2 Å². The molecule has 0 spiro atoms. The lowest BCUT2D eigenvalue weighted by molar-refractivity contribution is -0.121. The zero-order valence-electron chi connectivity index (χ0n) is 19.9. The van der Waals surface area contributed by atoms with Crippen molar-refractivity contribution in [2.45, 2.75) is 38.4 Å². The maximum Gasteiger partial charge on any atom is 0.224 e. The molecular formula is C28H31FN2O3. The number of nitrogens with zero attached hydrogens (tertiary/aromatic N) is 1. The molecule has 0 unspecified atom stereocenters. The van der Waals surface area contributed by atoms with Gasteiger partial charge < -0.3 is 14.8 Å². The van der Waals surface area contributed by atoms with Crippen LogP contribution in [0, 0.1) is 5.82 Å². The van der Waals surface area contributed by atoms with Crippen LogP contribution < -0.4 is 14.8 Å². The molecule has 0 bridgehead atoms. The number of halogens is 1. The number of hydrogen-bond donors (Lipinski definition) is 1. The normalized spacial score (nSPS) is 16.4. The Hall–Kier alpha value is -3.38. The highest BCUT2D eigenvalue weighted by Crippen LogP contribution is 2.40. The molecule has 0 saturated heterocycles. The van der Waals surface area contributed by atoms with Crippen LogP contribution in [0.15, 0.2) is 66.7 Å². The molecule has 1 N–H and O–H groups in total. The second-order valence-electron chi connectivity index (χ2n) is 8.72. The number of carbonyl (C=O) groups is 1. The molecule has 1 heterocycles. The molecule has 1 aliphatic heterocycles. The second kappa shape index (κ2) is 10.7. The number of rotatable bonds is 8. The van der Waals surface area contributed by atoms with Gasteiger partial charge in [-0.15, -0.1) is 0 Å². The average molecular weight is 463 g/mol. The summed E-state index contributed by atoms with van der Waals surface area (Å²) in [7, 11) is 3.27. The number of methoxy groups -OCH3 is 2. The average Bonchev–Trinajstić information content (AvgIpc) is 2.84. The third kappa shape index (κ3) is 5.39. The van der Waals surface area contributed by atoms with Crippen molar-refractivity contribution < 1.29 is 18.7 Å². The Labute approximate surface area is 200 Å². The molecule has 4 rings (SSSR count). The molecule has 0 radical (unpaired) electrons. The summed E-state index contributed by atoms with van der Waals surface area (Å²) in [6.07, 6.45) is 1.17. The van der Waals surface area contributed by atoms with E-state index >= 15 is 0 Å². The smallest absolute Gasteiger partial charge is 0.224 e. The molecule has 6 heteroatoms. The highest BCUT2D eigenvalue weighted by Gasteiger charge is 2.33. The number of hydrogen-bond acceptors (Lipinski definition) is 4. The fourth-order valence-corrected chi connectivity index (χ4v) is 4.78. The molecule has 3 aromatic rings. The zero-order chi connectivity index (χ0) is 24.1. The highest BCUT2D eigenvalue weighted by molar-refractivity contribution is 5.79. The highest BCUT2D eigenvalue weighted by atomic mass is 19.1. The van der Waals surface area contributed by atoms with Gasteiger partial charge in [-0.05, 0) is 59.9 Å². The van der Waals surface area contributed by atoms with Gasteiger partial charge in [0, 0.05) is 19.1 Å². The first-order chi connectivity index (χ1) is 16.5. The first kappa shape index (κ1) is 23.8. The molecular weight excluding hydrogens is 431 g/mol. The number of ether oxygens (including phenoxy) is 2. The minimum Gasteiger partial charge on any atom is -0.493 e. The molecule has 3 aromatic carbocycles. The Morgan fingerprint density at radius 2 is 1.71 bits per heavy atom. The van der Waals surface area contributed by atoms with Crippen LogP contribution in [0.2, 0.25) is 0 Å². The van der Waals surface area contributed by atoms with Gasteiger partial charge in [0.05, 0.1) is 26.7 Å². The standard InChI is InChI=1S/C28H31FN2O3/c1-19(30-27(32)15-20-7-5-4-6-8-20)28-24-17-26(34-3)25(33-2)16-22(24)13-14-31(28)18-21-9-11-23(29)12-10-21/h4-12,16-17,19,28H,13-15,18H2,1-3H3,(H,30,32)/t19-,28+/m0/s1. The first-order valence-electron chi connectivity index (χ1n) is 11.5. The monoisotopic (exact) mass is 462 g/mol. The molecule has 0 aliphatic carbocycles.